The largest absolute Gasteiger partial charge is 0.495 e. The number of anilines is 1. The fraction of sp³-hybridized carbons (Fsp3) is 0.143. The van der Waals surface area contributed by atoms with Crippen molar-refractivity contribution in [3.05, 3.63) is 53.8 Å². The van der Waals surface area contributed by atoms with Gasteiger partial charge in [0, 0.05) is 6.54 Å². The zero-order valence-electron chi connectivity index (χ0n) is 11.3. The first kappa shape index (κ1) is 15.3. The highest BCUT2D eigenvalue weighted by atomic mass is 32.2. The number of sulfonamides is 1. The van der Waals surface area contributed by atoms with Gasteiger partial charge in [-0.15, -0.1) is 0 Å². The lowest BCUT2D eigenvalue weighted by Gasteiger charge is -2.09. The van der Waals surface area contributed by atoms with Crippen molar-refractivity contribution in [1.82, 2.24) is 4.72 Å². The highest BCUT2D eigenvalue weighted by molar-refractivity contribution is 7.89. The van der Waals surface area contributed by atoms with Crippen molar-refractivity contribution in [3.63, 3.8) is 0 Å². The van der Waals surface area contributed by atoms with Gasteiger partial charge in [-0.05, 0) is 29.8 Å². The lowest BCUT2D eigenvalue weighted by Crippen LogP contribution is -2.24. The summed E-state index contributed by atoms with van der Waals surface area (Å²) in [4.78, 5) is -0.383. The van der Waals surface area contributed by atoms with Crippen molar-refractivity contribution >= 4 is 15.7 Å². The fourth-order valence-electron chi connectivity index (χ4n) is 1.81. The molecule has 21 heavy (non-hydrogen) atoms. The minimum Gasteiger partial charge on any atom is -0.495 e. The number of nitrogens with one attached hydrogen (secondary N) is 1. The normalized spacial score (nSPS) is 11.3. The second-order valence-corrected chi connectivity index (χ2v) is 6.07. The number of methoxy groups -OCH3 is 1. The molecule has 0 radical (unpaired) electrons. The molecule has 2 aromatic rings. The molecule has 0 aromatic heterocycles. The zero-order chi connectivity index (χ0) is 15.5. The average molecular weight is 310 g/mol. The van der Waals surface area contributed by atoms with E-state index in [1.54, 1.807) is 18.2 Å². The maximum absolute atomic E-state index is 13.5. The Hall–Kier alpha value is -2.12. The molecule has 0 bridgehead atoms. The standard InChI is InChI=1S/C14H15FN2O3S/c1-20-13-7-6-10(8-12(13)16)9-17-21(18,19)14-5-3-2-4-11(14)15/h2-8,17H,9,16H2,1H3. The summed E-state index contributed by atoms with van der Waals surface area (Å²) in [7, 11) is -2.42. The molecule has 0 unspecified atom stereocenters. The van der Waals surface area contributed by atoms with Gasteiger partial charge < -0.3 is 10.5 Å². The first-order valence-electron chi connectivity index (χ1n) is 6.10. The summed E-state index contributed by atoms with van der Waals surface area (Å²) in [6.07, 6.45) is 0. The van der Waals surface area contributed by atoms with Gasteiger partial charge in [0.25, 0.3) is 0 Å². The lowest BCUT2D eigenvalue weighted by atomic mass is 10.2. The highest BCUT2D eigenvalue weighted by Crippen LogP contribution is 2.22. The number of halogens is 1. The van der Waals surface area contributed by atoms with Crippen LogP contribution in [-0.2, 0) is 16.6 Å². The van der Waals surface area contributed by atoms with Gasteiger partial charge in [-0.2, -0.15) is 0 Å². The topological polar surface area (TPSA) is 81.4 Å². The molecule has 0 heterocycles. The number of rotatable bonds is 5. The van der Waals surface area contributed by atoms with E-state index < -0.39 is 15.8 Å². The molecule has 0 spiro atoms. The third kappa shape index (κ3) is 3.50. The molecule has 0 aliphatic heterocycles. The van der Waals surface area contributed by atoms with Crippen LogP contribution in [0.5, 0.6) is 5.75 Å². The van der Waals surface area contributed by atoms with E-state index in [0.717, 1.165) is 6.07 Å². The van der Waals surface area contributed by atoms with Crippen molar-refractivity contribution < 1.29 is 17.5 Å². The Balaban J connectivity index is 2.16. The molecular formula is C14H15FN2O3S. The van der Waals surface area contributed by atoms with Gasteiger partial charge in [0.05, 0.1) is 12.8 Å². The second-order valence-electron chi connectivity index (χ2n) is 4.33. The molecule has 0 aliphatic carbocycles. The monoisotopic (exact) mass is 310 g/mol. The number of hydrogen-bond acceptors (Lipinski definition) is 4. The van der Waals surface area contributed by atoms with Gasteiger partial charge in [0.1, 0.15) is 16.5 Å². The van der Waals surface area contributed by atoms with Crippen molar-refractivity contribution in [1.29, 1.82) is 0 Å². The third-order valence-electron chi connectivity index (χ3n) is 2.89. The minimum absolute atomic E-state index is 0.00482. The van der Waals surface area contributed by atoms with Crippen LogP contribution in [0.1, 0.15) is 5.56 Å². The lowest BCUT2D eigenvalue weighted by molar-refractivity contribution is 0.417. The van der Waals surface area contributed by atoms with Crippen LogP contribution >= 0.6 is 0 Å². The van der Waals surface area contributed by atoms with E-state index in [2.05, 4.69) is 4.72 Å². The molecular weight excluding hydrogens is 295 g/mol. The summed E-state index contributed by atoms with van der Waals surface area (Å²) < 4.78 is 44.9. The molecule has 0 fully saturated rings. The highest BCUT2D eigenvalue weighted by Gasteiger charge is 2.18. The van der Waals surface area contributed by atoms with Crippen LogP contribution < -0.4 is 15.2 Å². The summed E-state index contributed by atoms with van der Waals surface area (Å²) in [5.41, 5.74) is 6.79. The Bertz CT molecular complexity index is 748. The number of nitrogen functional groups attached to an aromatic ring is 1. The van der Waals surface area contributed by atoms with Crippen molar-refractivity contribution in [2.45, 2.75) is 11.4 Å². The fourth-order valence-corrected chi connectivity index (χ4v) is 2.91. The predicted molar refractivity (Wildman–Crippen MR) is 77.8 cm³/mol. The first-order valence-corrected chi connectivity index (χ1v) is 7.59. The van der Waals surface area contributed by atoms with Gasteiger partial charge in [-0.1, -0.05) is 18.2 Å². The van der Waals surface area contributed by atoms with E-state index in [4.69, 9.17) is 10.5 Å². The van der Waals surface area contributed by atoms with Crippen molar-refractivity contribution in [3.8, 4) is 5.75 Å². The summed E-state index contributed by atoms with van der Waals surface area (Å²) in [5, 5.41) is 0. The maximum atomic E-state index is 13.5. The van der Waals surface area contributed by atoms with Crippen LogP contribution in [0.3, 0.4) is 0 Å². The Kier molecular flexibility index (Phi) is 4.44. The second kappa shape index (κ2) is 6.11. The number of ether oxygens (including phenoxy) is 1. The molecule has 3 N–H and O–H groups in total. The van der Waals surface area contributed by atoms with Gasteiger partial charge in [0.15, 0.2) is 0 Å². The van der Waals surface area contributed by atoms with Gasteiger partial charge in [-0.25, -0.2) is 17.5 Å². The predicted octanol–water partition coefficient (Wildman–Crippen LogP) is 1.90. The molecule has 0 saturated carbocycles. The van der Waals surface area contributed by atoms with E-state index in [1.807, 2.05) is 0 Å². The Morgan fingerprint density at radius 1 is 1.24 bits per heavy atom. The van der Waals surface area contributed by atoms with E-state index in [9.17, 15) is 12.8 Å². The van der Waals surface area contributed by atoms with Crippen LogP contribution in [0.2, 0.25) is 0 Å². The third-order valence-corrected chi connectivity index (χ3v) is 4.32. The molecule has 2 aromatic carbocycles. The molecule has 0 saturated heterocycles. The van der Waals surface area contributed by atoms with Crippen LogP contribution in [0.4, 0.5) is 10.1 Å². The minimum atomic E-state index is -3.91. The first-order chi connectivity index (χ1) is 9.94. The van der Waals surface area contributed by atoms with Crippen molar-refractivity contribution in [2.24, 2.45) is 0 Å². The van der Waals surface area contributed by atoms with Crippen LogP contribution in [0.15, 0.2) is 47.4 Å². The van der Waals surface area contributed by atoms with E-state index in [0.29, 0.717) is 17.0 Å². The van der Waals surface area contributed by atoms with Gasteiger partial charge in [0.2, 0.25) is 10.0 Å². The molecule has 7 heteroatoms. The van der Waals surface area contributed by atoms with Crippen LogP contribution in [0.25, 0.3) is 0 Å². The van der Waals surface area contributed by atoms with Crippen molar-refractivity contribution in [2.75, 3.05) is 12.8 Å². The molecule has 5 nitrogen and oxygen atoms in total. The SMILES string of the molecule is COc1ccc(CNS(=O)(=O)c2ccccc2F)cc1N. The Labute approximate surface area is 122 Å². The maximum Gasteiger partial charge on any atom is 0.243 e. The zero-order valence-corrected chi connectivity index (χ0v) is 12.2. The number of hydrogen-bond donors (Lipinski definition) is 2. The van der Waals surface area contributed by atoms with Crippen LogP contribution in [0, 0.1) is 5.82 Å². The number of nitrogens with two attached hydrogens (primary N) is 1. The molecule has 2 rings (SSSR count). The van der Waals surface area contributed by atoms with Gasteiger partial charge >= 0.3 is 0 Å². The summed E-state index contributed by atoms with van der Waals surface area (Å²) >= 11 is 0. The average Bonchev–Trinajstić information content (AvgIpc) is 2.45. The Morgan fingerprint density at radius 3 is 2.57 bits per heavy atom. The summed E-state index contributed by atoms with van der Waals surface area (Å²) in [6.45, 7) is 0.00482. The van der Waals surface area contributed by atoms with Crippen LogP contribution in [-0.4, -0.2) is 15.5 Å². The van der Waals surface area contributed by atoms with E-state index in [1.165, 1.54) is 25.3 Å². The van der Waals surface area contributed by atoms with E-state index >= 15 is 0 Å². The Morgan fingerprint density at radius 2 is 1.95 bits per heavy atom. The smallest absolute Gasteiger partial charge is 0.243 e. The quantitative estimate of drug-likeness (QED) is 0.826. The number of benzene rings is 2. The van der Waals surface area contributed by atoms with Gasteiger partial charge in [-0.3, -0.25) is 0 Å². The van der Waals surface area contributed by atoms with E-state index in [-0.39, 0.29) is 11.4 Å². The summed E-state index contributed by atoms with van der Waals surface area (Å²) in [6, 6.07) is 10.1. The summed E-state index contributed by atoms with van der Waals surface area (Å²) in [5.74, 6) is -0.282. The molecule has 112 valence electrons. The molecule has 0 atom stereocenters. The molecule has 0 amide bonds. The molecule has 0 aliphatic rings.